The van der Waals surface area contributed by atoms with Gasteiger partial charge in [0.2, 0.25) is 0 Å². The van der Waals surface area contributed by atoms with Crippen LogP contribution in [0.25, 0.3) is 16.8 Å². The normalized spacial score (nSPS) is 12.5. The number of carbonyl (C=O) groups excluding carboxylic acids is 2. The van der Waals surface area contributed by atoms with E-state index in [1.165, 1.54) is 13.5 Å². The SMILES string of the molecule is CCCCCCCC(=O)CC(=O)C1=Cc2cc(c(O)c(OC)c2)Cc2cc3ccccc3cc2CC#C1. The average molecular weight is 495 g/mol. The summed E-state index contributed by atoms with van der Waals surface area (Å²) in [6.45, 7) is 2.16. The van der Waals surface area contributed by atoms with Crippen LogP contribution in [0.1, 0.15) is 74.1 Å². The van der Waals surface area contributed by atoms with Crippen molar-refractivity contribution in [1.29, 1.82) is 0 Å². The molecule has 3 aromatic carbocycles. The maximum atomic E-state index is 13.2. The Morgan fingerprint density at radius 1 is 0.946 bits per heavy atom. The van der Waals surface area contributed by atoms with Gasteiger partial charge < -0.3 is 9.84 Å². The van der Waals surface area contributed by atoms with E-state index in [-0.39, 0.29) is 23.7 Å². The van der Waals surface area contributed by atoms with Crippen LogP contribution in [-0.4, -0.2) is 23.8 Å². The second kappa shape index (κ2) is 12.4. The van der Waals surface area contributed by atoms with E-state index in [4.69, 9.17) is 4.74 Å². The predicted molar refractivity (Wildman–Crippen MR) is 149 cm³/mol. The molecule has 0 radical (unpaired) electrons. The predicted octanol–water partition coefficient (Wildman–Crippen LogP) is 6.98. The summed E-state index contributed by atoms with van der Waals surface area (Å²) in [6.07, 6.45) is 8.25. The highest BCUT2D eigenvalue weighted by atomic mass is 16.5. The number of benzene rings is 3. The lowest BCUT2D eigenvalue weighted by Gasteiger charge is -2.14. The fourth-order valence-corrected chi connectivity index (χ4v) is 4.81. The first-order valence-electron chi connectivity index (χ1n) is 13.1. The molecule has 190 valence electrons. The molecule has 0 aromatic heterocycles. The third kappa shape index (κ3) is 6.68. The van der Waals surface area contributed by atoms with Gasteiger partial charge >= 0.3 is 0 Å². The van der Waals surface area contributed by atoms with Gasteiger partial charge in [-0.15, -0.1) is 0 Å². The first kappa shape index (κ1) is 26.2. The Kier molecular flexibility index (Phi) is 8.80. The van der Waals surface area contributed by atoms with Crippen molar-refractivity contribution in [2.75, 3.05) is 7.11 Å². The Morgan fingerprint density at radius 3 is 2.41 bits per heavy atom. The van der Waals surface area contributed by atoms with Crippen molar-refractivity contribution in [2.24, 2.45) is 0 Å². The van der Waals surface area contributed by atoms with E-state index in [1.807, 2.05) is 18.2 Å². The van der Waals surface area contributed by atoms with Crippen LogP contribution in [0.3, 0.4) is 0 Å². The van der Waals surface area contributed by atoms with Crippen LogP contribution in [0.2, 0.25) is 0 Å². The summed E-state index contributed by atoms with van der Waals surface area (Å²) in [7, 11) is 1.51. The summed E-state index contributed by atoms with van der Waals surface area (Å²) in [5.74, 6) is 6.37. The summed E-state index contributed by atoms with van der Waals surface area (Å²) in [5, 5.41) is 13.1. The van der Waals surface area contributed by atoms with Gasteiger partial charge in [0.1, 0.15) is 5.78 Å². The van der Waals surface area contributed by atoms with Crippen molar-refractivity contribution in [3.63, 3.8) is 0 Å². The molecule has 0 aliphatic heterocycles. The summed E-state index contributed by atoms with van der Waals surface area (Å²) < 4.78 is 5.44. The number of rotatable bonds is 10. The number of fused-ring (bicyclic) bond motifs is 4. The van der Waals surface area contributed by atoms with Gasteiger partial charge in [0.15, 0.2) is 17.3 Å². The molecule has 1 N–H and O–H groups in total. The number of phenolic OH excluding ortho intramolecular Hbond substituents is 1. The van der Waals surface area contributed by atoms with Crippen molar-refractivity contribution < 1.29 is 19.4 Å². The number of aromatic hydroxyl groups is 1. The summed E-state index contributed by atoms with van der Waals surface area (Å²) in [5.41, 5.74) is 3.84. The molecular formula is C33H34O4. The average Bonchev–Trinajstić information content (AvgIpc) is 2.92. The molecule has 0 atom stereocenters. The Bertz CT molecular complexity index is 1400. The first-order chi connectivity index (χ1) is 18.0. The molecule has 3 aromatic rings. The maximum Gasteiger partial charge on any atom is 0.178 e. The van der Waals surface area contributed by atoms with Crippen LogP contribution in [0, 0.1) is 11.8 Å². The highest BCUT2D eigenvalue weighted by Gasteiger charge is 2.17. The standard InChI is InChI=1S/C33H34O4/c1-3-4-5-6-7-15-30(34)22-31(35)27-14-10-13-26-19-24-11-8-9-12-25(24)20-28(26)21-29-17-23(16-27)18-32(37-2)33(29)36/h8-9,11-12,16-20,36H,3-7,13,15,21-22H2,1-2H3. The number of unbranched alkanes of at least 4 members (excludes halogenated alkanes) is 4. The lowest BCUT2D eigenvalue weighted by molar-refractivity contribution is -0.125. The van der Waals surface area contributed by atoms with Gasteiger partial charge in [-0.3, -0.25) is 9.59 Å². The highest BCUT2D eigenvalue weighted by molar-refractivity contribution is 6.12. The minimum Gasteiger partial charge on any atom is -0.504 e. The minimum atomic E-state index is -0.266. The summed E-state index contributed by atoms with van der Waals surface area (Å²) in [4.78, 5) is 25.7. The molecule has 0 amide bonds. The molecule has 4 rings (SSSR count). The second-order valence-electron chi connectivity index (χ2n) is 9.72. The number of Topliss-reactive ketones (excluding diaryl/α,β-unsaturated/α-hetero) is 2. The third-order valence-electron chi connectivity index (χ3n) is 6.88. The largest absolute Gasteiger partial charge is 0.504 e. The van der Waals surface area contributed by atoms with Crippen LogP contribution in [0.15, 0.2) is 54.1 Å². The van der Waals surface area contributed by atoms with E-state index in [9.17, 15) is 14.7 Å². The maximum absolute atomic E-state index is 13.2. The van der Waals surface area contributed by atoms with Gasteiger partial charge in [-0.05, 0) is 58.2 Å². The van der Waals surface area contributed by atoms with Crippen molar-refractivity contribution in [1.82, 2.24) is 0 Å². The Morgan fingerprint density at radius 2 is 1.68 bits per heavy atom. The van der Waals surface area contributed by atoms with Crippen LogP contribution in [0.5, 0.6) is 11.5 Å². The third-order valence-corrected chi connectivity index (χ3v) is 6.88. The number of methoxy groups -OCH3 is 1. The van der Waals surface area contributed by atoms with Crippen molar-refractivity contribution >= 4 is 28.4 Å². The van der Waals surface area contributed by atoms with Gasteiger partial charge in [0.25, 0.3) is 0 Å². The number of carbonyl (C=O) groups is 2. The molecule has 0 saturated carbocycles. The van der Waals surface area contributed by atoms with Gasteiger partial charge in [-0.25, -0.2) is 0 Å². The molecule has 4 nitrogen and oxygen atoms in total. The Labute approximate surface area is 219 Å². The van der Waals surface area contributed by atoms with Crippen molar-refractivity contribution in [3.8, 4) is 23.3 Å². The molecule has 2 bridgehead atoms. The fraction of sp³-hybridized carbons (Fsp3) is 0.333. The molecular weight excluding hydrogens is 460 g/mol. The molecule has 0 heterocycles. The highest BCUT2D eigenvalue weighted by Crippen LogP contribution is 2.35. The number of ether oxygens (including phenoxy) is 1. The van der Waals surface area contributed by atoms with Gasteiger partial charge in [0, 0.05) is 24.8 Å². The molecule has 37 heavy (non-hydrogen) atoms. The Hall–Kier alpha value is -3.84. The number of ketones is 2. The number of phenols is 1. The summed E-state index contributed by atoms with van der Waals surface area (Å²) in [6, 6.07) is 16.0. The lowest BCUT2D eigenvalue weighted by Crippen LogP contribution is -2.09. The van der Waals surface area contributed by atoms with E-state index >= 15 is 0 Å². The zero-order valence-electron chi connectivity index (χ0n) is 21.7. The Balaban J connectivity index is 1.67. The van der Waals surface area contributed by atoms with E-state index < -0.39 is 0 Å². The topological polar surface area (TPSA) is 63.6 Å². The number of hydrogen-bond donors (Lipinski definition) is 1. The second-order valence-corrected chi connectivity index (χ2v) is 9.72. The molecule has 1 aliphatic carbocycles. The van der Waals surface area contributed by atoms with Gasteiger partial charge in [-0.2, -0.15) is 0 Å². The van der Waals surface area contributed by atoms with Crippen molar-refractivity contribution in [2.45, 2.75) is 64.7 Å². The van der Waals surface area contributed by atoms with Crippen LogP contribution in [0.4, 0.5) is 0 Å². The first-order valence-corrected chi connectivity index (χ1v) is 13.1. The molecule has 4 heteroatoms. The molecule has 1 aliphatic rings. The minimum absolute atomic E-state index is 0.0423. The zero-order valence-corrected chi connectivity index (χ0v) is 21.7. The van der Waals surface area contributed by atoms with E-state index in [1.54, 1.807) is 12.1 Å². The smallest absolute Gasteiger partial charge is 0.178 e. The van der Waals surface area contributed by atoms with Crippen LogP contribution >= 0.6 is 0 Å². The van der Waals surface area contributed by atoms with Crippen molar-refractivity contribution in [3.05, 3.63) is 76.4 Å². The quantitative estimate of drug-likeness (QED) is 0.188. The molecule has 0 spiro atoms. The molecule has 0 saturated heterocycles. The zero-order chi connectivity index (χ0) is 26.2. The molecule has 0 fully saturated rings. The van der Waals surface area contributed by atoms with Crippen LogP contribution < -0.4 is 4.74 Å². The fourth-order valence-electron chi connectivity index (χ4n) is 4.81. The van der Waals surface area contributed by atoms with Gasteiger partial charge in [0.05, 0.1) is 19.1 Å². The number of hydrogen-bond acceptors (Lipinski definition) is 4. The van der Waals surface area contributed by atoms with Crippen LogP contribution in [-0.2, 0) is 22.4 Å². The monoisotopic (exact) mass is 494 g/mol. The number of allylic oxidation sites excluding steroid dienone is 1. The summed E-state index contributed by atoms with van der Waals surface area (Å²) >= 11 is 0. The van der Waals surface area contributed by atoms with E-state index in [2.05, 4.69) is 43.0 Å². The van der Waals surface area contributed by atoms with E-state index in [0.717, 1.165) is 47.6 Å². The lowest BCUT2D eigenvalue weighted by atomic mass is 9.93. The molecule has 0 unspecified atom stereocenters. The van der Waals surface area contributed by atoms with Gasteiger partial charge in [-0.1, -0.05) is 74.8 Å². The van der Waals surface area contributed by atoms with E-state index in [0.29, 0.717) is 41.7 Å².